The minimum Gasteiger partial charge on any atom is -0.381 e. The van der Waals surface area contributed by atoms with Crippen molar-refractivity contribution >= 4 is 29.9 Å². The van der Waals surface area contributed by atoms with Crippen LogP contribution >= 0.6 is 24.0 Å². The highest BCUT2D eigenvalue weighted by Crippen LogP contribution is 2.14. The Labute approximate surface area is 171 Å². The summed E-state index contributed by atoms with van der Waals surface area (Å²) < 4.78 is 5.47. The number of hydrogen-bond donors (Lipinski definition) is 1. The zero-order valence-corrected chi connectivity index (χ0v) is 18.7. The van der Waals surface area contributed by atoms with Crippen LogP contribution in [0.4, 0.5) is 0 Å². The fraction of sp³-hybridized carbons (Fsp3) is 0.737. The number of nitrogens with zero attached hydrogens (tertiary/aromatic N) is 3. The van der Waals surface area contributed by atoms with Gasteiger partial charge in [-0.25, -0.2) is 0 Å². The van der Waals surface area contributed by atoms with Crippen LogP contribution < -0.4 is 5.32 Å². The Morgan fingerprint density at radius 1 is 1.32 bits per heavy atom. The van der Waals surface area contributed by atoms with Crippen molar-refractivity contribution in [2.24, 2.45) is 16.8 Å². The summed E-state index contributed by atoms with van der Waals surface area (Å²) in [6, 6.07) is 0.404. The summed E-state index contributed by atoms with van der Waals surface area (Å²) in [5, 5.41) is 3.55. The maximum Gasteiger partial charge on any atom is 0.193 e. The van der Waals surface area contributed by atoms with Gasteiger partial charge in [0.1, 0.15) is 0 Å². The number of hydrogen-bond acceptors (Lipinski definition) is 3. The largest absolute Gasteiger partial charge is 0.381 e. The fourth-order valence-electron chi connectivity index (χ4n) is 3.25. The molecule has 1 fully saturated rings. The Morgan fingerprint density at radius 2 is 1.96 bits per heavy atom. The van der Waals surface area contributed by atoms with Gasteiger partial charge in [0.05, 0.1) is 6.61 Å². The molecule has 1 rings (SSSR count). The molecular formula is C19H37IN4O. The van der Waals surface area contributed by atoms with Crippen molar-refractivity contribution < 1.29 is 4.74 Å². The van der Waals surface area contributed by atoms with Crippen molar-refractivity contribution in [1.82, 2.24) is 15.1 Å². The third-order valence-corrected chi connectivity index (χ3v) is 4.56. The average Bonchev–Trinajstić information content (AvgIpc) is 3.04. The van der Waals surface area contributed by atoms with Crippen molar-refractivity contribution in [3.8, 4) is 0 Å². The molecule has 0 aromatic carbocycles. The van der Waals surface area contributed by atoms with Gasteiger partial charge in [-0.1, -0.05) is 26.0 Å². The summed E-state index contributed by atoms with van der Waals surface area (Å²) in [5.74, 6) is 2.08. The first kappa shape index (κ1) is 24.4. The van der Waals surface area contributed by atoms with Crippen LogP contribution in [0.1, 0.15) is 20.3 Å². The van der Waals surface area contributed by atoms with Gasteiger partial charge in [-0.2, -0.15) is 0 Å². The van der Waals surface area contributed by atoms with E-state index >= 15 is 0 Å². The third-order valence-electron chi connectivity index (χ3n) is 4.56. The van der Waals surface area contributed by atoms with Gasteiger partial charge in [-0.15, -0.1) is 37.1 Å². The Bertz CT molecular complexity index is 398. The molecule has 1 saturated heterocycles. The van der Waals surface area contributed by atoms with Crippen LogP contribution in [0.25, 0.3) is 0 Å². The quantitative estimate of drug-likeness (QED) is 0.234. The van der Waals surface area contributed by atoms with E-state index in [1.54, 1.807) is 0 Å². The number of halogens is 1. The van der Waals surface area contributed by atoms with E-state index in [9.17, 15) is 0 Å². The summed E-state index contributed by atoms with van der Waals surface area (Å²) in [4.78, 5) is 9.05. The molecule has 1 N–H and O–H groups in total. The topological polar surface area (TPSA) is 40.1 Å². The molecule has 1 heterocycles. The van der Waals surface area contributed by atoms with Crippen LogP contribution in [0, 0.1) is 11.8 Å². The standard InChI is InChI=1S/C19H36N4O.HI/c1-7-10-23(11-8-2)18(16(3)4)13-21-19(20-5)22(6)14-17-9-12-24-15-17;/h7-8,16-18H,1-2,9-15H2,3-6H3,(H,20,21);1H. The van der Waals surface area contributed by atoms with Gasteiger partial charge in [0, 0.05) is 58.8 Å². The molecule has 2 atom stereocenters. The molecule has 0 spiro atoms. The molecule has 0 radical (unpaired) electrons. The average molecular weight is 464 g/mol. The van der Waals surface area contributed by atoms with Crippen LogP contribution in [0.3, 0.4) is 0 Å². The number of ether oxygens (including phenoxy) is 1. The van der Waals surface area contributed by atoms with E-state index in [4.69, 9.17) is 4.74 Å². The zero-order chi connectivity index (χ0) is 17.9. The number of guanidine groups is 1. The monoisotopic (exact) mass is 464 g/mol. The predicted molar refractivity (Wildman–Crippen MR) is 119 cm³/mol. The lowest BCUT2D eigenvalue weighted by Gasteiger charge is -2.34. The lowest BCUT2D eigenvalue weighted by atomic mass is 10.0. The number of rotatable bonds is 10. The molecule has 0 aromatic rings. The molecule has 1 aliphatic rings. The van der Waals surface area contributed by atoms with Crippen LogP contribution in [0.5, 0.6) is 0 Å². The summed E-state index contributed by atoms with van der Waals surface area (Å²) in [6.45, 7) is 17.6. The van der Waals surface area contributed by atoms with Crippen LogP contribution in [0.2, 0.25) is 0 Å². The molecule has 1 aliphatic heterocycles. The second kappa shape index (κ2) is 13.6. The molecule has 0 amide bonds. The molecule has 146 valence electrons. The molecule has 25 heavy (non-hydrogen) atoms. The van der Waals surface area contributed by atoms with E-state index in [-0.39, 0.29) is 24.0 Å². The van der Waals surface area contributed by atoms with Crippen LogP contribution in [0.15, 0.2) is 30.3 Å². The van der Waals surface area contributed by atoms with Gasteiger partial charge in [0.15, 0.2) is 5.96 Å². The summed E-state index contributed by atoms with van der Waals surface area (Å²) in [5.41, 5.74) is 0. The van der Waals surface area contributed by atoms with Crippen molar-refractivity contribution in [1.29, 1.82) is 0 Å². The highest BCUT2D eigenvalue weighted by atomic mass is 127. The highest BCUT2D eigenvalue weighted by molar-refractivity contribution is 14.0. The van der Waals surface area contributed by atoms with E-state index in [0.717, 1.165) is 51.8 Å². The van der Waals surface area contributed by atoms with Crippen molar-refractivity contribution in [3.63, 3.8) is 0 Å². The minimum absolute atomic E-state index is 0. The lowest BCUT2D eigenvalue weighted by Crippen LogP contribution is -2.50. The molecular weight excluding hydrogens is 427 g/mol. The summed E-state index contributed by atoms with van der Waals surface area (Å²) in [7, 11) is 3.95. The zero-order valence-electron chi connectivity index (χ0n) is 16.4. The van der Waals surface area contributed by atoms with Gasteiger partial charge in [0.2, 0.25) is 0 Å². The smallest absolute Gasteiger partial charge is 0.193 e. The van der Waals surface area contributed by atoms with Crippen molar-refractivity contribution in [2.75, 3.05) is 53.5 Å². The molecule has 0 bridgehead atoms. The van der Waals surface area contributed by atoms with Gasteiger partial charge in [-0.3, -0.25) is 9.89 Å². The van der Waals surface area contributed by atoms with Gasteiger partial charge in [-0.05, 0) is 12.3 Å². The van der Waals surface area contributed by atoms with E-state index in [1.165, 1.54) is 0 Å². The molecule has 2 unspecified atom stereocenters. The maximum atomic E-state index is 5.47. The van der Waals surface area contributed by atoms with E-state index in [0.29, 0.717) is 17.9 Å². The van der Waals surface area contributed by atoms with E-state index in [1.807, 2.05) is 19.2 Å². The Hall–Kier alpha value is -0.600. The molecule has 0 aliphatic carbocycles. The van der Waals surface area contributed by atoms with Gasteiger partial charge < -0.3 is 15.0 Å². The first-order chi connectivity index (χ1) is 11.5. The van der Waals surface area contributed by atoms with Gasteiger partial charge >= 0.3 is 0 Å². The molecule has 0 saturated carbocycles. The molecule has 0 aromatic heterocycles. The number of nitrogens with one attached hydrogen (secondary N) is 1. The normalized spacial score (nSPS) is 18.8. The molecule has 5 nitrogen and oxygen atoms in total. The second-order valence-electron chi connectivity index (χ2n) is 6.88. The van der Waals surface area contributed by atoms with Crippen LogP contribution in [-0.2, 0) is 4.74 Å². The Kier molecular flexibility index (Phi) is 13.3. The van der Waals surface area contributed by atoms with E-state index < -0.39 is 0 Å². The van der Waals surface area contributed by atoms with E-state index in [2.05, 4.69) is 54.2 Å². The SMILES string of the molecule is C=CCN(CC=C)C(CNC(=NC)N(C)CC1CCOC1)C(C)C.I. The Morgan fingerprint density at radius 3 is 2.40 bits per heavy atom. The molecule has 6 heteroatoms. The fourth-order valence-corrected chi connectivity index (χ4v) is 3.25. The third kappa shape index (κ3) is 8.55. The lowest BCUT2D eigenvalue weighted by molar-refractivity contribution is 0.179. The van der Waals surface area contributed by atoms with Crippen molar-refractivity contribution in [3.05, 3.63) is 25.3 Å². The second-order valence-corrected chi connectivity index (χ2v) is 6.88. The maximum absolute atomic E-state index is 5.47. The first-order valence-corrected chi connectivity index (χ1v) is 8.98. The van der Waals surface area contributed by atoms with Gasteiger partial charge in [0.25, 0.3) is 0 Å². The summed E-state index contributed by atoms with van der Waals surface area (Å²) in [6.07, 6.45) is 5.06. The van der Waals surface area contributed by atoms with Crippen LogP contribution in [-0.4, -0.2) is 75.3 Å². The Balaban J connectivity index is 0.00000576. The predicted octanol–water partition coefficient (Wildman–Crippen LogP) is 2.85. The minimum atomic E-state index is 0. The first-order valence-electron chi connectivity index (χ1n) is 8.98. The van der Waals surface area contributed by atoms with Crippen molar-refractivity contribution in [2.45, 2.75) is 26.3 Å². The summed E-state index contributed by atoms with van der Waals surface area (Å²) >= 11 is 0. The number of aliphatic imine (C=N–C) groups is 1. The highest BCUT2D eigenvalue weighted by Gasteiger charge is 2.22.